The molecule has 1 fully saturated rings. The molecule has 0 radical (unpaired) electrons. The summed E-state index contributed by atoms with van der Waals surface area (Å²) in [5.41, 5.74) is 4.87. The molecule has 2 aromatic heterocycles. The van der Waals surface area contributed by atoms with Crippen LogP contribution >= 0.6 is 11.6 Å². The molecule has 2 aliphatic rings. The number of pyridine rings is 1. The predicted molar refractivity (Wildman–Crippen MR) is 132 cm³/mol. The highest BCUT2D eigenvalue weighted by Gasteiger charge is 2.34. The monoisotopic (exact) mass is 470 g/mol. The molecule has 178 valence electrons. The van der Waals surface area contributed by atoms with E-state index < -0.39 is 0 Å². The Balaban J connectivity index is 1.58. The van der Waals surface area contributed by atoms with E-state index in [1.54, 1.807) is 6.20 Å². The van der Waals surface area contributed by atoms with Crippen LogP contribution in [0.2, 0.25) is 5.02 Å². The molecule has 1 aliphatic heterocycles. The van der Waals surface area contributed by atoms with Crippen molar-refractivity contribution in [3.8, 4) is 11.1 Å². The van der Waals surface area contributed by atoms with Gasteiger partial charge in [-0.1, -0.05) is 45.7 Å². The molecule has 6 nitrogen and oxygen atoms in total. The molecule has 33 heavy (non-hydrogen) atoms. The Morgan fingerprint density at radius 3 is 2.67 bits per heavy atom. The lowest BCUT2D eigenvalue weighted by Crippen LogP contribution is -2.40. The van der Waals surface area contributed by atoms with Crippen LogP contribution in [0.3, 0.4) is 0 Å². The maximum absolute atomic E-state index is 13.0. The fourth-order valence-electron chi connectivity index (χ4n) is 5.42. The Morgan fingerprint density at radius 2 is 1.97 bits per heavy atom. The van der Waals surface area contributed by atoms with Gasteiger partial charge in [-0.3, -0.25) is 9.59 Å². The number of carbonyl (C=O) groups excluding carboxylic acids is 2. The summed E-state index contributed by atoms with van der Waals surface area (Å²) >= 11 is 6.62. The van der Waals surface area contributed by atoms with Crippen molar-refractivity contribution in [1.29, 1.82) is 0 Å². The minimum Gasteiger partial charge on any atom is -0.354 e. The van der Waals surface area contributed by atoms with Crippen molar-refractivity contribution in [3.63, 3.8) is 0 Å². The summed E-state index contributed by atoms with van der Waals surface area (Å²) < 4.78 is 2.44. The van der Waals surface area contributed by atoms with Gasteiger partial charge in [0.1, 0.15) is 5.82 Å². The van der Waals surface area contributed by atoms with E-state index in [-0.39, 0.29) is 29.2 Å². The van der Waals surface area contributed by atoms with Gasteiger partial charge in [-0.2, -0.15) is 0 Å². The van der Waals surface area contributed by atoms with Crippen LogP contribution in [0, 0.1) is 11.3 Å². The van der Waals surface area contributed by atoms with Gasteiger partial charge in [-0.25, -0.2) is 4.98 Å². The molecular formula is C26H35ClN4O2. The molecule has 0 spiro atoms. The largest absolute Gasteiger partial charge is 0.354 e. The third-order valence-electron chi connectivity index (χ3n) is 6.91. The number of hydrogen-bond acceptors (Lipinski definition) is 3. The SMILES string of the molecule is CC(=O)N[C@@H]1CCC[C@H](C(=O)Nc2cc(-c3cc(C(C)C)n4c3CC(C)(C)C4)c(Cl)cn2)C1. The third kappa shape index (κ3) is 5.11. The Bertz CT molecular complexity index is 1070. The van der Waals surface area contributed by atoms with Gasteiger partial charge in [0, 0.05) is 54.1 Å². The number of nitrogens with one attached hydrogen (secondary N) is 2. The minimum atomic E-state index is -0.136. The second-order valence-corrected chi connectivity index (χ2v) is 11.2. The second-order valence-electron chi connectivity index (χ2n) is 10.8. The molecule has 2 aromatic rings. The molecule has 1 aliphatic carbocycles. The summed E-state index contributed by atoms with van der Waals surface area (Å²) in [5.74, 6) is 0.702. The van der Waals surface area contributed by atoms with E-state index in [9.17, 15) is 9.59 Å². The first kappa shape index (κ1) is 23.8. The molecule has 0 unspecified atom stereocenters. The maximum Gasteiger partial charge on any atom is 0.228 e. The zero-order valence-corrected chi connectivity index (χ0v) is 21.1. The molecule has 2 amide bonds. The smallest absolute Gasteiger partial charge is 0.228 e. The van der Waals surface area contributed by atoms with Gasteiger partial charge in [-0.15, -0.1) is 0 Å². The van der Waals surface area contributed by atoms with E-state index in [1.165, 1.54) is 18.3 Å². The number of fused-ring (bicyclic) bond motifs is 1. The number of aromatic nitrogens is 2. The second kappa shape index (κ2) is 9.13. The molecule has 3 heterocycles. The Morgan fingerprint density at radius 1 is 1.21 bits per heavy atom. The number of amides is 2. The highest BCUT2D eigenvalue weighted by Crippen LogP contribution is 2.43. The molecule has 0 saturated heterocycles. The van der Waals surface area contributed by atoms with Gasteiger partial charge >= 0.3 is 0 Å². The van der Waals surface area contributed by atoms with Crippen LogP contribution in [-0.2, 0) is 22.6 Å². The molecule has 0 bridgehead atoms. The van der Waals surface area contributed by atoms with Gasteiger partial charge in [0.05, 0.1) is 5.02 Å². The van der Waals surface area contributed by atoms with E-state index >= 15 is 0 Å². The van der Waals surface area contributed by atoms with Crippen LogP contribution in [0.4, 0.5) is 5.82 Å². The predicted octanol–water partition coefficient (Wildman–Crippen LogP) is 5.54. The summed E-state index contributed by atoms with van der Waals surface area (Å²) in [5, 5.41) is 6.55. The lowest BCUT2D eigenvalue weighted by molar-refractivity contribution is -0.123. The first-order valence-electron chi connectivity index (χ1n) is 12.0. The molecular weight excluding hydrogens is 436 g/mol. The first-order valence-corrected chi connectivity index (χ1v) is 12.4. The first-order chi connectivity index (χ1) is 15.5. The van der Waals surface area contributed by atoms with Crippen LogP contribution in [0.15, 0.2) is 18.3 Å². The average molecular weight is 471 g/mol. The van der Waals surface area contributed by atoms with Gasteiger partial charge < -0.3 is 15.2 Å². The van der Waals surface area contributed by atoms with Crippen molar-refractivity contribution in [3.05, 3.63) is 34.7 Å². The number of anilines is 1. The van der Waals surface area contributed by atoms with E-state index in [4.69, 9.17) is 11.6 Å². The zero-order valence-electron chi connectivity index (χ0n) is 20.3. The highest BCUT2D eigenvalue weighted by molar-refractivity contribution is 6.33. The van der Waals surface area contributed by atoms with Crippen molar-refractivity contribution in [1.82, 2.24) is 14.9 Å². The number of halogens is 1. The Hall–Kier alpha value is -2.34. The fraction of sp³-hybridized carbons (Fsp3) is 0.577. The number of hydrogen-bond donors (Lipinski definition) is 2. The molecule has 1 saturated carbocycles. The van der Waals surface area contributed by atoms with Crippen LogP contribution in [0.25, 0.3) is 11.1 Å². The van der Waals surface area contributed by atoms with Crippen molar-refractivity contribution in [2.45, 2.75) is 85.2 Å². The summed E-state index contributed by atoms with van der Waals surface area (Å²) in [6.45, 7) is 11.6. The number of rotatable bonds is 5. The number of carbonyl (C=O) groups is 2. The summed E-state index contributed by atoms with van der Waals surface area (Å²) in [6, 6.07) is 4.21. The van der Waals surface area contributed by atoms with Gasteiger partial charge in [0.15, 0.2) is 0 Å². The van der Waals surface area contributed by atoms with Crippen molar-refractivity contribution in [2.24, 2.45) is 11.3 Å². The van der Waals surface area contributed by atoms with Crippen LogP contribution in [0.5, 0.6) is 0 Å². The van der Waals surface area contributed by atoms with Crippen LogP contribution < -0.4 is 10.6 Å². The van der Waals surface area contributed by atoms with Gasteiger partial charge in [-0.05, 0) is 49.1 Å². The van der Waals surface area contributed by atoms with E-state index in [1.807, 2.05) is 6.07 Å². The summed E-state index contributed by atoms with van der Waals surface area (Å²) in [6.07, 6.45) is 5.94. The zero-order chi connectivity index (χ0) is 23.9. The molecule has 2 N–H and O–H groups in total. The summed E-state index contributed by atoms with van der Waals surface area (Å²) in [4.78, 5) is 28.8. The van der Waals surface area contributed by atoms with Crippen molar-refractivity contribution in [2.75, 3.05) is 5.32 Å². The Kier molecular flexibility index (Phi) is 6.59. The normalized spacial score (nSPS) is 21.7. The topological polar surface area (TPSA) is 76.0 Å². The van der Waals surface area contributed by atoms with Gasteiger partial charge in [0.2, 0.25) is 11.8 Å². The molecule has 2 atom stereocenters. The lowest BCUT2D eigenvalue weighted by atomic mass is 9.85. The quantitative estimate of drug-likeness (QED) is 0.602. The number of nitrogens with zero attached hydrogens (tertiary/aromatic N) is 2. The highest BCUT2D eigenvalue weighted by atomic mass is 35.5. The lowest BCUT2D eigenvalue weighted by Gasteiger charge is -2.28. The van der Waals surface area contributed by atoms with E-state index in [0.29, 0.717) is 23.2 Å². The standard InChI is InChI=1S/C26H35ClN4O2/c1-15(2)22-10-20(23-12-26(4,5)14-31(22)23)19-11-24(28-13-21(19)27)30-25(33)17-7-6-8-18(9-17)29-16(3)32/h10-11,13,15,17-18H,6-9,12,14H2,1-5H3,(H,29,32)(H,28,30,33)/t17-,18+/m0/s1. The van der Waals surface area contributed by atoms with E-state index in [0.717, 1.165) is 43.4 Å². The molecule has 7 heteroatoms. The van der Waals surface area contributed by atoms with Crippen molar-refractivity contribution < 1.29 is 9.59 Å². The average Bonchev–Trinajstić information content (AvgIpc) is 3.22. The molecule has 0 aromatic carbocycles. The van der Waals surface area contributed by atoms with Crippen molar-refractivity contribution >= 4 is 29.2 Å². The summed E-state index contributed by atoms with van der Waals surface area (Å²) in [7, 11) is 0. The molecule has 4 rings (SSSR count). The Labute approximate surface area is 201 Å². The van der Waals surface area contributed by atoms with Gasteiger partial charge in [0.25, 0.3) is 0 Å². The third-order valence-corrected chi connectivity index (χ3v) is 7.21. The van der Waals surface area contributed by atoms with Crippen LogP contribution in [-0.4, -0.2) is 27.4 Å². The fourth-order valence-corrected chi connectivity index (χ4v) is 5.63. The maximum atomic E-state index is 13.0. The minimum absolute atomic E-state index is 0.0445. The van der Waals surface area contributed by atoms with E-state index in [2.05, 4.69) is 53.9 Å². The van der Waals surface area contributed by atoms with Crippen LogP contribution in [0.1, 0.15) is 77.6 Å².